The molecule has 1 aliphatic rings. The fraction of sp³-hybridized carbons (Fsp3) is 0.929. The second-order valence-corrected chi connectivity index (χ2v) is 7.43. The lowest BCUT2D eigenvalue weighted by Crippen LogP contribution is -2.41. The minimum absolute atomic E-state index is 0.333. The molecule has 0 bridgehead atoms. The molecule has 0 spiro atoms. The molecule has 2 N–H and O–H groups in total. The molecule has 5 heteroatoms. The van der Waals surface area contributed by atoms with Crippen molar-refractivity contribution < 1.29 is 9.53 Å². The molecular weight excluding hydrogens is 260 g/mol. The van der Waals surface area contributed by atoms with E-state index in [0.717, 1.165) is 11.8 Å². The molecule has 0 aromatic carbocycles. The highest BCUT2D eigenvalue weighted by Gasteiger charge is 2.26. The summed E-state index contributed by atoms with van der Waals surface area (Å²) < 4.78 is 5.19. The van der Waals surface area contributed by atoms with Crippen LogP contribution >= 0.6 is 11.8 Å². The van der Waals surface area contributed by atoms with Crippen molar-refractivity contribution in [2.75, 3.05) is 18.8 Å². The molecule has 4 nitrogen and oxygen atoms in total. The van der Waals surface area contributed by atoms with Gasteiger partial charge in [0.05, 0.1) is 0 Å². The number of hydrogen-bond donors (Lipinski definition) is 2. The van der Waals surface area contributed by atoms with Crippen LogP contribution in [0.4, 0.5) is 4.79 Å². The van der Waals surface area contributed by atoms with Crippen LogP contribution < -0.4 is 10.6 Å². The van der Waals surface area contributed by atoms with E-state index in [4.69, 9.17) is 4.74 Å². The van der Waals surface area contributed by atoms with E-state index in [9.17, 15) is 4.79 Å². The zero-order valence-electron chi connectivity index (χ0n) is 12.6. The molecule has 0 aromatic rings. The number of rotatable bonds is 6. The van der Waals surface area contributed by atoms with Gasteiger partial charge < -0.3 is 15.4 Å². The summed E-state index contributed by atoms with van der Waals surface area (Å²) in [6.45, 7) is 9.26. The van der Waals surface area contributed by atoms with Crippen molar-refractivity contribution in [3.8, 4) is 0 Å². The number of ether oxygens (including phenoxy) is 1. The van der Waals surface area contributed by atoms with E-state index in [-0.39, 0.29) is 6.09 Å². The van der Waals surface area contributed by atoms with Gasteiger partial charge in [-0.1, -0.05) is 13.3 Å². The zero-order valence-corrected chi connectivity index (χ0v) is 13.4. The van der Waals surface area contributed by atoms with Gasteiger partial charge in [0.1, 0.15) is 5.60 Å². The predicted octanol–water partition coefficient (Wildman–Crippen LogP) is 2.77. The van der Waals surface area contributed by atoms with Crippen molar-refractivity contribution in [3.63, 3.8) is 0 Å². The van der Waals surface area contributed by atoms with Crippen LogP contribution in [0.2, 0.25) is 0 Å². The van der Waals surface area contributed by atoms with E-state index >= 15 is 0 Å². The molecule has 1 amide bonds. The van der Waals surface area contributed by atoms with Gasteiger partial charge in [0.15, 0.2) is 0 Å². The fourth-order valence-electron chi connectivity index (χ4n) is 2.31. The third-order valence-electron chi connectivity index (χ3n) is 3.03. The lowest BCUT2D eigenvalue weighted by Gasteiger charge is -2.21. The molecule has 1 saturated carbocycles. The Labute approximate surface area is 121 Å². The Hall–Kier alpha value is -0.420. The summed E-state index contributed by atoms with van der Waals surface area (Å²) in [5.74, 6) is 1.18. The minimum Gasteiger partial charge on any atom is -0.444 e. The van der Waals surface area contributed by atoms with Gasteiger partial charge in [-0.25, -0.2) is 4.79 Å². The highest BCUT2D eigenvalue weighted by atomic mass is 32.2. The lowest BCUT2D eigenvalue weighted by molar-refractivity contribution is 0.0528. The summed E-state index contributed by atoms with van der Waals surface area (Å²) in [5, 5.41) is 7.07. The molecule has 1 rings (SSSR count). The summed E-state index contributed by atoms with van der Waals surface area (Å²) >= 11 is 2.04. The van der Waals surface area contributed by atoms with Crippen LogP contribution in [0, 0.1) is 0 Å². The average Bonchev–Trinajstić information content (AvgIpc) is 2.70. The topological polar surface area (TPSA) is 50.4 Å². The monoisotopic (exact) mass is 288 g/mol. The molecule has 0 aromatic heterocycles. The Balaban J connectivity index is 2.12. The van der Waals surface area contributed by atoms with Crippen LogP contribution in [0.5, 0.6) is 0 Å². The Kier molecular flexibility index (Phi) is 7.00. The van der Waals surface area contributed by atoms with E-state index < -0.39 is 5.60 Å². The van der Waals surface area contributed by atoms with Crippen molar-refractivity contribution in [2.24, 2.45) is 0 Å². The van der Waals surface area contributed by atoms with Gasteiger partial charge in [0.25, 0.3) is 0 Å². The molecule has 2 atom stereocenters. The van der Waals surface area contributed by atoms with E-state index in [1.165, 1.54) is 25.0 Å². The van der Waals surface area contributed by atoms with Crippen LogP contribution in [-0.2, 0) is 4.74 Å². The van der Waals surface area contributed by atoms with Crippen molar-refractivity contribution >= 4 is 17.9 Å². The maximum Gasteiger partial charge on any atom is 0.407 e. The summed E-state index contributed by atoms with van der Waals surface area (Å²) in [5.41, 5.74) is -0.425. The second kappa shape index (κ2) is 8.00. The normalized spacial score (nSPS) is 23.4. The minimum atomic E-state index is -0.425. The first kappa shape index (κ1) is 16.6. The molecule has 0 heterocycles. The van der Waals surface area contributed by atoms with E-state index in [1.54, 1.807) is 0 Å². The third kappa shape index (κ3) is 7.06. The van der Waals surface area contributed by atoms with Crippen LogP contribution in [0.25, 0.3) is 0 Å². The molecule has 112 valence electrons. The fourth-order valence-corrected chi connectivity index (χ4v) is 3.54. The summed E-state index contributed by atoms with van der Waals surface area (Å²) in [4.78, 5) is 11.5. The van der Waals surface area contributed by atoms with Crippen LogP contribution in [0.1, 0.15) is 47.0 Å². The van der Waals surface area contributed by atoms with Crippen LogP contribution in [0.3, 0.4) is 0 Å². The number of nitrogens with one attached hydrogen (secondary N) is 2. The summed E-state index contributed by atoms with van der Waals surface area (Å²) in [6.07, 6.45) is 3.55. The lowest BCUT2D eigenvalue weighted by atomic mass is 10.2. The van der Waals surface area contributed by atoms with Gasteiger partial charge in [0.2, 0.25) is 0 Å². The van der Waals surface area contributed by atoms with Gasteiger partial charge in [-0.05, 0) is 39.4 Å². The molecule has 0 saturated heterocycles. The van der Waals surface area contributed by atoms with Crippen molar-refractivity contribution in [1.29, 1.82) is 0 Å². The molecule has 1 aliphatic carbocycles. The van der Waals surface area contributed by atoms with E-state index in [2.05, 4.69) is 17.6 Å². The summed E-state index contributed by atoms with van der Waals surface area (Å²) in [7, 11) is 0. The number of hydrogen-bond acceptors (Lipinski definition) is 4. The molecular formula is C14H28N2O2S. The highest BCUT2D eigenvalue weighted by molar-refractivity contribution is 7.99. The largest absolute Gasteiger partial charge is 0.444 e. The van der Waals surface area contributed by atoms with Gasteiger partial charge in [-0.3, -0.25) is 0 Å². The van der Waals surface area contributed by atoms with Gasteiger partial charge in [-0.2, -0.15) is 11.8 Å². The SMILES string of the molecule is CCSC1CCCC1NCCNC(=O)OC(C)(C)C. The third-order valence-corrected chi connectivity index (χ3v) is 4.36. The Morgan fingerprint density at radius 3 is 2.68 bits per heavy atom. The molecule has 1 fully saturated rings. The van der Waals surface area contributed by atoms with Gasteiger partial charge in [-0.15, -0.1) is 0 Å². The Morgan fingerprint density at radius 2 is 2.05 bits per heavy atom. The Bertz CT molecular complexity index is 279. The predicted molar refractivity (Wildman–Crippen MR) is 81.8 cm³/mol. The number of alkyl carbamates (subject to hydrolysis) is 1. The Morgan fingerprint density at radius 1 is 1.32 bits per heavy atom. The first-order valence-corrected chi connectivity index (χ1v) is 8.29. The number of thioether (sulfide) groups is 1. The average molecular weight is 288 g/mol. The van der Waals surface area contributed by atoms with Crippen molar-refractivity contribution in [2.45, 2.75) is 63.9 Å². The number of amides is 1. The van der Waals surface area contributed by atoms with Crippen LogP contribution in [-0.4, -0.2) is 41.8 Å². The molecule has 0 aliphatic heterocycles. The summed E-state index contributed by atoms with van der Waals surface area (Å²) in [6, 6.07) is 0.602. The highest BCUT2D eigenvalue weighted by Crippen LogP contribution is 2.29. The van der Waals surface area contributed by atoms with Crippen molar-refractivity contribution in [1.82, 2.24) is 10.6 Å². The standard InChI is InChI=1S/C14H28N2O2S/c1-5-19-12-8-6-7-11(12)15-9-10-16-13(17)18-14(2,3)4/h11-12,15H,5-10H2,1-4H3,(H,16,17). The molecule has 2 unspecified atom stereocenters. The van der Waals surface area contributed by atoms with Crippen molar-refractivity contribution in [3.05, 3.63) is 0 Å². The number of carbonyl (C=O) groups excluding carboxylic acids is 1. The quantitative estimate of drug-likeness (QED) is 0.738. The number of carbonyl (C=O) groups is 1. The zero-order chi connectivity index (χ0) is 14.3. The van der Waals surface area contributed by atoms with E-state index in [0.29, 0.717) is 12.6 Å². The van der Waals surface area contributed by atoms with Crippen LogP contribution in [0.15, 0.2) is 0 Å². The molecule has 19 heavy (non-hydrogen) atoms. The first-order valence-electron chi connectivity index (χ1n) is 7.24. The molecule has 0 radical (unpaired) electrons. The first-order chi connectivity index (χ1) is 8.92. The van der Waals surface area contributed by atoms with Gasteiger partial charge >= 0.3 is 6.09 Å². The smallest absolute Gasteiger partial charge is 0.407 e. The maximum atomic E-state index is 11.5. The van der Waals surface area contributed by atoms with Gasteiger partial charge in [0, 0.05) is 24.4 Å². The second-order valence-electron chi connectivity index (χ2n) is 5.91. The maximum absolute atomic E-state index is 11.5. The van der Waals surface area contributed by atoms with E-state index in [1.807, 2.05) is 32.5 Å².